The maximum Gasteiger partial charge on any atom is 0.456 e. The van der Waals surface area contributed by atoms with E-state index in [9.17, 15) is 36.6 Å². The highest BCUT2D eigenvalue weighted by atomic mass is 79.9. The zero-order chi connectivity index (χ0) is 19.7. The first kappa shape index (κ1) is 19.3. The summed E-state index contributed by atoms with van der Waals surface area (Å²) in [4.78, 5) is 24.7. The number of aliphatic hydroxyl groups is 1. The molecule has 1 aromatic rings. The Morgan fingerprint density at radius 1 is 1.15 bits per heavy atom. The topological polar surface area (TPSA) is 71.3 Å². The van der Waals surface area contributed by atoms with Gasteiger partial charge in [-0.3, -0.25) is 14.2 Å². The molecule has 0 aromatic carbocycles. The zero-order valence-corrected chi connectivity index (χ0v) is 15.0. The summed E-state index contributed by atoms with van der Waals surface area (Å²) in [6.45, 7) is 1.58. The Morgan fingerprint density at radius 3 is 2.19 bits per heavy atom. The van der Waals surface area contributed by atoms with Gasteiger partial charge in [0.2, 0.25) is 0 Å². The lowest BCUT2D eigenvalue weighted by Gasteiger charge is -2.45. The molecule has 144 valence electrons. The molecule has 1 fully saturated rings. The molecule has 0 unspecified atom stereocenters. The van der Waals surface area contributed by atoms with Crippen molar-refractivity contribution in [2.45, 2.75) is 56.0 Å². The standard InChI is InChI=1S/C15H14BrF5N2O3/c1-7-6-8(16)11(25)23-9(7)10(24)22-13(23)4-2-12(26,3-5-13)14(17,18)15(19,20)21/h6,26H,2-5H2,1H3,(H,22,24)/t12-,13-. The fraction of sp³-hybridized carbons (Fsp3) is 0.600. The van der Waals surface area contributed by atoms with Crippen LogP contribution in [0, 0.1) is 6.92 Å². The normalized spacial score (nSPS) is 29.0. The van der Waals surface area contributed by atoms with E-state index in [1.165, 1.54) is 6.07 Å². The van der Waals surface area contributed by atoms with Crippen molar-refractivity contribution in [2.24, 2.45) is 0 Å². The molecule has 2 aliphatic rings. The minimum Gasteiger partial charge on any atom is -0.383 e. The zero-order valence-electron chi connectivity index (χ0n) is 13.4. The van der Waals surface area contributed by atoms with Crippen molar-refractivity contribution in [1.82, 2.24) is 9.88 Å². The van der Waals surface area contributed by atoms with Crippen LogP contribution in [0.1, 0.15) is 41.7 Å². The van der Waals surface area contributed by atoms with Crippen LogP contribution >= 0.6 is 15.9 Å². The molecule has 5 nitrogen and oxygen atoms in total. The van der Waals surface area contributed by atoms with Gasteiger partial charge in [-0.15, -0.1) is 0 Å². The third-order valence-electron chi connectivity index (χ3n) is 5.18. The minimum atomic E-state index is -5.90. The average Bonchev–Trinajstić information content (AvgIpc) is 2.80. The van der Waals surface area contributed by atoms with Crippen molar-refractivity contribution in [3.8, 4) is 0 Å². The average molecular weight is 445 g/mol. The minimum absolute atomic E-state index is 0.0335. The molecule has 0 atom stereocenters. The Bertz CT molecular complexity index is 841. The largest absolute Gasteiger partial charge is 0.456 e. The number of rotatable bonds is 1. The predicted octanol–water partition coefficient (Wildman–Crippen LogP) is 2.82. The molecule has 1 saturated carbocycles. The van der Waals surface area contributed by atoms with Gasteiger partial charge in [0.15, 0.2) is 0 Å². The number of alkyl halides is 5. The maximum absolute atomic E-state index is 13.7. The van der Waals surface area contributed by atoms with E-state index in [2.05, 4.69) is 21.2 Å². The third kappa shape index (κ3) is 2.43. The molecule has 2 heterocycles. The third-order valence-corrected chi connectivity index (χ3v) is 5.75. The summed E-state index contributed by atoms with van der Waals surface area (Å²) in [5, 5.41) is 12.5. The van der Waals surface area contributed by atoms with Gasteiger partial charge in [-0.2, -0.15) is 22.0 Å². The number of amides is 1. The quantitative estimate of drug-likeness (QED) is 0.654. The molecule has 1 spiro atoms. The van der Waals surface area contributed by atoms with Gasteiger partial charge in [0, 0.05) is 0 Å². The molecule has 0 radical (unpaired) electrons. The van der Waals surface area contributed by atoms with Gasteiger partial charge in [-0.25, -0.2) is 0 Å². The molecule has 1 amide bonds. The second kappa shape index (κ2) is 5.51. The van der Waals surface area contributed by atoms with Crippen LogP contribution in [-0.4, -0.2) is 33.3 Å². The summed E-state index contributed by atoms with van der Waals surface area (Å²) in [6.07, 6.45) is -8.65. The SMILES string of the molecule is Cc1cc(Br)c(=O)n2c1C(=O)N[C@]21CC[C@](O)(C(F)(F)C(F)(F)F)CC1. The smallest absolute Gasteiger partial charge is 0.383 e. The van der Waals surface area contributed by atoms with Crippen molar-refractivity contribution < 1.29 is 31.9 Å². The molecule has 1 aliphatic carbocycles. The summed E-state index contributed by atoms with van der Waals surface area (Å²) < 4.78 is 66.7. The van der Waals surface area contributed by atoms with E-state index in [-0.39, 0.29) is 10.2 Å². The summed E-state index contributed by atoms with van der Waals surface area (Å²) in [5.41, 5.74) is -4.85. The summed E-state index contributed by atoms with van der Waals surface area (Å²) in [7, 11) is 0. The Kier molecular flexibility index (Phi) is 4.08. The van der Waals surface area contributed by atoms with Gasteiger partial charge >= 0.3 is 12.1 Å². The van der Waals surface area contributed by atoms with Crippen LogP contribution in [0.4, 0.5) is 22.0 Å². The first-order chi connectivity index (χ1) is 11.8. The lowest BCUT2D eigenvalue weighted by atomic mass is 9.74. The van der Waals surface area contributed by atoms with Gasteiger partial charge in [-0.05, 0) is 60.2 Å². The second-order valence-electron chi connectivity index (χ2n) is 6.75. The highest BCUT2D eigenvalue weighted by Gasteiger charge is 2.71. The number of pyridine rings is 1. The highest BCUT2D eigenvalue weighted by Crippen LogP contribution is 2.52. The van der Waals surface area contributed by atoms with Crippen LogP contribution in [0.5, 0.6) is 0 Å². The van der Waals surface area contributed by atoms with E-state index in [4.69, 9.17) is 0 Å². The molecule has 2 N–H and O–H groups in total. The highest BCUT2D eigenvalue weighted by molar-refractivity contribution is 9.10. The van der Waals surface area contributed by atoms with E-state index >= 15 is 0 Å². The Hall–Kier alpha value is -1.49. The maximum atomic E-state index is 13.7. The van der Waals surface area contributed by atoms with E-state index < -0.39 is 60.5 Å². The monoisotopic (exact) mass is 444 g/mol. The van der Waals surface area contributed by atoms with E-state index in [0.29, 0.717) is 5.56 Å². The molecule has 0 saturated heterocycles. The van der Waals surface area contributed by atoms with Gasteiger partial charge in [0.05, 0.1) is 4.47 Å². The number of carbonyl (C=O) groups is 1. The predicted molar refractivity (Wildman–Crippen MR) is 83.0 cm³/mol. The van der Waals surface area contributed by atoms with Crippen LogP contribution in [0.25, 0.3) is 0 Å². The molecule has 1 aliphatic heterocycles. The number of halogens is 6. The first-order valence-corrected chi connectivity index (χ1v) is 8.47. The Labute approximate surface area is 152 Å². The number of aryl methyl sites for hydroxylation is 1. The fourth-order valence-corrected chi connectivity index (χ4v) is 4.24. The number of nitrogens with one attached hydrogen (secondary N) is 1. The lowest BCUT2D eigenvalue weighted by molar-refractivity contribution is -0.349. The molecule has 26 heavy (non-hydrogen) atoms. The van der Waals surface area contributed by atoms with Gasteiger partial charge in [0.25, 0.3) is 11.5 Å². The fourth-order valence-electron chi connectivity index (χ4n) is 3.72. The number of hydrogen-bond donors (Lipinski definition) is 2. The van der Waals surface area contributed by atoms with Crippen LogP contribution in [-0.2, 0) is 5.66 Å². The van der Waals surface area contributed by atoms with E-state index in [1.807, 2.05) is 0 Å². The number of aromatic nitrogens is 1. The van der Waals surface area contributed by atoms with Crippen molar-refractivity contribution in [1.29, 1.82) is 0 Å². The van der Waals surface area contributed by atoms with Crippen LogP contribution in [0.3, 0.4) is 0 Å². The summed E-state index contributed by atoms with van der Waals surface area (Å²) >= 11 is 3.06. The van der Waals surface area contributed by atoms with Crippen LogP contribution in [0.2, 0.25) is 0 Å². The first-order valence-electron chi connectivity index (χ1n) is 7.68. The molecular weight excluding hydrogens is 431 g/mol. The van der Waals surface area contributed by atoms with Gasteiger partial charge in [-0.1, -0.05) is 0 Å². The van der Waals surface area contributed by atoms with E-state index in [0.717, 1.165) is 4.57 Å². The van der Waals surface area contributed by atoms with Crippen molar-refractivity contribution >= 4 is 21.8 Å². The molecule has 3 rings (SSSR count). The van der Waals surface area contributed by atoms with Crippen molar-refractivity contribution in [3.63, 3.8) is 0 Å². The molecule has 0 bridgehead atoms. The van der Waals surface area contributed by atoms with Gasteiger partial charge in [0.1, 0.15) is 17.0 Å². The molecular formula is C15H14BrF5N2O3. The Morgan fingerprint density at radius 2 is 1.69 bits per heavy atom. The Balaban J connectivity index is 2.02. The number of carbonyl (C=O) groups excluding carboxylic acids is 1. The molecule has 11 heteroatoms. The van der Waals surface area contributed by atoms with Crippen molar-refractivity contribution in [2.75, 3.05) is 0 Å². The summed E-state index contributed by atoms with van der Waals surface area (Å²) in [6, 6.07) is 1.43. The number of fused-ring (bicyclic) bond motifs is 2. The number of hydrogen-bond acceptors (Lipinski definition) is 3. The van der Waals surface area contributed by atoms with E-state index in [1.54, 1.807) is 6.92 Å². The second-order valence-corrected chi connectivity index (χ2v) is 7.61. The van der Waals surface area contributed by atoms with Crippen LogP contribution in [0.15, 0.2) is 15.3 Å². The van der Waals surface area contributed by atoms with Crippen molar-refractivity contribution in [3.05, 3.63) is 32.2 Å². The summed E-state index contributed by atoms with van der Waals surface area (Å²) in [5.74, 6) is -5.91. The number of nitrogens with zero attached hydrogens (tertiary/aromatic N) is 1. The van der Waals surface area contributed by atoms with Crippen LogP contribution < -0.4 is 10.9 Å². The lowest BCUT2D eigenvalue weighted by Crippen LogP contribution is -2.62. The molecule has 1 aromatic heterocycles. The van der Waals surface area contributed by atoms with Gasteiger partial charge < -0.3 is 10.4 Å².